The van der Waals surface area contributed by atoms with E-state index in [4.69, 9.17) is 5.73 Å². The Balaban J connectivity index is 1.71. The first-order valence-electron chi connectivity index (χ1n) is 12.0. The number of nitrogens with zero attached hydrogens (tertiary/aromatic N) is 1. The number of aryl methyl sites for hydroxylation is 1. The van der Waals surface area contributed by atoms with E-state index in [9.17, 15) is 27.9 Å². The number of benzene rings is 2. The van der Waals surface area contributed by atoms with E-state index in [-0.39, 0.29) is 23.5 Å². The normalized spacial score (nSPS) is 15.4. The molecule has 1 aliphatic carbocycles. The molecule has 194 valence electrons. The fourth-order valence-electron chi connectivity index (χ4n) is 4.46. The van der Waals surface area contributed by atoms with Gasteiger partial charge in [0.15, 0.2) is 5.78 Å². The van der Waals surface area contributed by atoms with E-state index in [1.807, 2.05) is 19.1 Å². The van der Waals surface area contributed by atoms with Crippen LogP contribution in [-0.2, 0) is 28.8 Å². The second kappa shape index (κ2) is 9.50. The Morgan fingerprint density at radius 1 is 1.00 bits per heavy atom. The van der Waals surface area contributed by atoms with Gasteiger partial charge in [-0.3, -0.25) is 9.59 Å². The SMILES string of the molecule is Cc1ccc(-c2cc(C(C)(C)N)cc(C(O)(CCC(=O)c3ccc4c(c3)CC(=O)C4)C(F)(F)F)n2)cc1. The first-order chi connectivity index (χ1) is 17.2. The molecule has 1 unspecified atom stereocenters. The van der Waals surface area contributed by atoms with Crippen LogP contribution < -0.4 is 5.73 Å². The van der Waals surface area contributed by atoms with Crippen LogP contribution in [0.15, 0.2) is 54.6 Å². The Bertz CT molecular complexity index is 1360. The largest absolute Gasteiger partial charge is 0.422 e. The molecule has 1 aromatic heterocycles. The van der Waals surface area contributed by atoms with Crippen molar-refractivity contribution in [3.8, 4) is 11.3 Å². The number of aromatic nitrogens is 1. The minimum absolute atomic E-state index is 0.0317. The molecule has 0 saturated carbocycles. The maximum absolute atomic E-state index is 14.4. The Labute approximate surface area is 213 Å². The highest BCUT2D eigenvalue weighted by atomic mass is 19.4. The second-order valence-electron chi connectivity index (χ2n) is 10.4. The summed E-state index contributed by atoms with van der Waals surface area (Å²) >= 11 is 0. The van der Waals surface area contributed by atoms with Crippen LogP contribution in [0.3, 0.4) is 0 Å². The van der Waals surface area contributed by atoms with Gasteiger partial charge in [-0.15, -0.1) is 0 Å². The average molecular weight is 511 g/mol. The van der Waals surface area contributed by atoms with E-state index >= 15 is 0 Å². The number of rotatable bonds is 7. The number of fused-ring (bicyclic) bond motifs is 1. The summed E-state index contributed by atoms with van der Waals surface area (Å²) in [5.74, 6) is -0.525. The molecule has 8 heteroatoms. The lowest BCUT2D eigenvalue weighted by Crippen LogP contribution is -2.44. The molecule has 0 fully saturated rings. The van der Waals surface area contributed by atoms with E-state index in [2.05, 4.69) is 4.98 Å². The molecule has 1 heterocycles. The van der Waals surface area contributed by atoms with Crippen molar-refractivity contribution in [1.82, 2.24) is 4.98 Å². The average Bonchev–Trinajstić information content (AvgIpc) is 3.20. The molecule has 0 aliphatic heterocycles. The molecule has 3 aromatic rings. The summed E-state index contributed by atoms with van der Waals surface area (Å²) in [6, 6.07) is 14.6. The highest BCUT2D eigenvalue weighted by Gasteiger charge is 2.56. The quantitative estimate of drug-likeness (QED) is 0.419. The number of Topliss-reactive ketones (excluding diaryl/α,β-unsaturated/α-hetero) is 2. The molecule has 0 radical (unpaired) electrons. The van der Waals surface area contributed by atoms with Crippen LogP contribution in [0.2, 0.25) is 0 Å². The van der Waals surface area contributed by atoms with E-state index in [0.29, 0.717) is 23.1 Å². The molecule has 0 saturated heterocycles. The van der Waals surface area contributed by atoms with Crippen LogP contribution >= 0.6 is 0 Å². The molecule has 0 amide bonds. The summed E-state index contributed by atoms with van der Waals surface area (Å²) in [5, 5.41) is 11.1. The number of hydrogen-bond acceptors (Lipinski definition) is 5. The molecule has 2 aromatic carbocycles. The third kappa shape index (κ3) is 5.50. The topological polar surface area (TPSA) is 93.3 Å². The number of alkyl halides is 3. The zero-order valence-corrected chi connectivity index (χ0v) is 20.9. The van der Waals surface area contributed by atoms with Crippen molar-refractivity contribution in [1.29, 1.82) is 0 Å². The molecule has 1 atom stereocenters. The highest BCUT2D eigenvalue weighted by molar-refractivity contribution is 5.97. The van der Waals surface area contributed by atoms with Gasteiger partial charge in [0.1, 0.15) is 5.78 Å². The number of aliphatic hydroxyl groups is 1. The number of ketones is 2. The van der Waals surface area contributed by atoms with Crippen LogP contribution in [0.25, 0.3) is 11.3 Å². The summed E-state index contributed by atoms with van der Waals surface area (Å²) < 4.78 is 43.2. The van der Waals surface area contributed by atoms with Crippen molar-refractivity contribution in [3.05, 3.63) is 88.1 Å². The van der Waals surface area contributed by atoms with Crippen molar-refractivity contribution in [2.45, 2.75) is 63.8 Å². The van der Waals surface area contributed by atoms with Crippen molar-refractivity contribution < 1.29 is 27.9 Å². The first-order valence-corrected chi connectivity index (χ1v) is 12.0. The van der Waals surface area contributed by atoms with Gasteiger partial charge in [0.2, 0.25) is 5.60 Å². The summed E-state index contributed by atoms with van der Waals surface area (Å²) in [7, 11) is 0. The molecule has 37 heavy (non-hydrogen) atoms. The Kier molecular flexibility index (Phi) is 6.86. The number of carbonyl (C=O) groups excluding carboxylic acids is 2. The Morgan fingerprint density at radius 2 is 1.65 bits per heavy atom. The fraction of sp³-hybridized carbons (Fsp3) is 0.345. The molecule has 0 bridgehead atoms. The van der Waals surface area contributed by atoms with E-state index < -0.39 is 41.6 Å². The van der Waals surface area contributed by atoms with E-state index in [0.717, 1.165) is 17.2 Å². The van der Waals surface area contributed by atoms with Gasteiger partial charge in [-0.2, -0.15) is 13.2 Å². The summed E-state index contributed by atoms with van der Waals surface area (Å²) in [6.45, 7) is 5.19. The molecule has 5 nitrogen and oxygen atoms in total. The highest BCUT2D eigenvalue weighted by Crippen LogP contribution is 2.43. The lowest BCUT2D eigenvalue weighted by atomic mass is 9.86. The van der Waals surface area contributed by atoms with Crippen molar-refractivity contribution in [2.75, 3.05) is 0 Å². The molecule has 1 aliphatic rings. The third-order valence-electron chi connectivity index (χ3n) is 6.83. The summed E-state index contributed by atoms with van der Waals surface area (Å²) in [5.41, 5.74) is 5.13. The molecule has 4 rings (SSSR count). The van der Waals surface area contributed by atoms with Crippen LogP contribution in [0, 0.1) is 6.92 Å². The predicted octanol–water partition coefficient (Wildman–Crippen LogP) is 5.33. The van der Waals surface area contributed by atoms with Gasteiger partial charge in [0.05, 0.1) is 11.4 Å². The Hall–Kier alpha value is -3.36. The third-order valence-corrected chi connectivity index (χ3v) is 6.83. The lowest BCUT2D eigenvalue weighted by Gasteiger charge is -2.32. The van der Waals surface area contributed by atoms with Gasteiger partial charge in [-0.25, -0.2) is 4.98 Å². The number of nitrogens with two attached hydrogens (primary N) is 1. The maximum atomic E-state index is 14.4. The molecular weight excluding hydrogens is 481 g/mol. The van der Waals surface area contributed by atoms with Crippen LogP contribution in [-0.4, -0.2) is 27.8 Å². The smallest absolute Gasteiger partial charge is 0.375 e. The van der Waals surface area contributed by atoms with Crippen LogP contribution in [0.4, 0.5) is 13.2 Å². The lowest BCUT2D eigenvalue weighted by molar-refractivity contribution is -0.270. The fourth-order valence-corrected chi connectivity index (χ4v) is 4.46. The number of pyridine rings is 1. The first kappa shape index (κ1) is 26.7. The maximum Gasteiger partial charge on any atom is 0.422 e. The minimum atomic E-state index is -5.10. The van der Waals surface area contributed by atoms with Gasteiger partial charge >= 0.3 is 6.18 Å². The monoisotopic (exact) mass is 510 g/mol. The van der Waals surface area contributed by atoms with Gasteiger partial charge in [0, 0.05) is 35.9 Å². The molecule has 3 N–H and O–H groups in total. The summed E-state index contributed by atoms with van der Waals surface area (Å²) in [6.07, 6.45) is -6.09. The zero-order valence-electron chi connectivity index (χ0n) is 20.9. The van der Waals surface area contributed by atoms with Crippen molar-refractivity contribution >= 4 is 11.6 Å². The summed E-state index contributed by atoms with van der Waals surface area (Å²) in [4.78, 5) is 28.8. The van der Waals surface area contributed by atoms with Crippen LogP contribution in [0.5, 0.6) is 0 Å². The van der Waals surface area contributed by atoms with Crippen LogP contribution in [0.1, 0.15) is 65.0 Å². The molecular formula is C29H29F3N2O3. The van der Waals surface area contributed by atoms with E-state index in [1.54, 1.807) is 44.2 Å². The second-order valence-corrected chi connectivity index (χ2v) is 10.4. The van der Waals surface area contributed by atoms with Crippen molar-refractivity contribution in [2.24, 2.45) is 5.73 Å². The minimum Gasteiger partial charge on any atom is -0.375 e. The Morgan fingerprint density at radius 3 is 2.27 bits per heavy atom. The van der Waals surface area contributed by atoms with Gasteiger partial charge in [0.25, 0.3) is 0 Å². The van der Waals surface area contributed by atoms with Gasteiger partial charge < -0.3 is 10.8 Å². The number of carbonyl (C=O) groups is 2. The predicted molar refractivity (Wildman–Crippen MR) is 134 cm³/mol. The van der Waals surface area contributed by atoms with Crippen molar-refractivity contribution in [3.63, 3.8) is 0 Å². The van der Waals surface area contributed by atoms with Gasteiger partial charge in [-0.05, 0) is 62.1 Å². The van der Waals surface area contributed by atoms with Gasteiger partial charge in [-0.1, -0.05) is 42.0 Å². The molecule has 0 spiro atoms. The standard InChI is InChI=1S/C29H29F3N2O3/c1-17-4-6-18(7-5-17)24-15-22(27(2,3)33)16-26(34-24)28(37,29(30,31)32)11-10-25(36)20-9-8-19-13-23(35)14-21(19)12-20/h4-9,12,15-16,37H,10-11,13-14,33H2,1-3H3. The number of halogens is 3. The number of hydrogen-bond donors (Lipinski definition) is 2. The zero-order chi connectivity index (χ0) is 27.2. The van der Waals surface area contributed by atoms with E-state index in [1.165, 1.54) is 6.07 Å².